The van der Waals surface area contributed by atoms with Crippen molar-refractivity contribution in [1.29, 1.82) is 0 Å². The average Bonchev–Trinajstić information content (AvgIpc) is 3.16. The maximum absolute atomic E-state index is 13.9. The second-order valence-corrected chi connectivity index (χ2v) is 8.41. The molecule has 1 N–H and O–H groups in total. The molecule has 0 aliphatic carbocycles. The molecule has 0 aliphatic heterocycles. The molecule has 0 bridgehead atoms. The maximum atomic E-state index is 13.9. The van der Waals surface area contributed by atoms with Gasteiger partial charge in [0.15, 0.2) is 11.6 Å². The zero-order valence-electron chi connectivity index (χ0n) is 16.4. The van der Waals surface area contributed by atoms with E-state index >= 15 is 0 Å². The Morgan fingerprint density at radius 1 is 1.25 bits per heavy atom. The van der Waals surface area contributed by atoms with Gasteiger partial charge in [0.25, 0.3) is 5.56 Å². The number of phenols is 1. The standard InChI is InChI=1S/C22H25FN2O2S/c1-14(2)13-18-15(3)24-21(17-9-4-10-19(23)20(17)26)25(22(18)27)11-5-7-16-8-6-12-28-16/h4,6,8-10,12,14,26H,5,7,11,13H2,1-3H3. The van der Waals surface area contributed by atoms with E-state index in [9.17, 15) is 14.3 Å². The quantitative estimate of drug-likeness (QED) is 0.610. The highest BCUT2D eigenvalue weighted by Crippen LogP contribution is 2.30. The third-order valence-corrected chi connectivity index (χ3v) is 5.63. The van der Waals surface area contributed by atoms with Crippen LogP contribution in [-0.4, -0.2) is 14.7 Å². The molecular weight excluding hydrogens is 375 g/mol. The molecule has 0 unspecified atom stereocenters. The van der Waals surface area contributed by atoms with Crippen molar-refractivity contribution in [3.63, 3.8) is 0 Å². The van der Waals surface area contributed by atoms with E-state index < -0.39 is 11.6 Å². The Labute approximate surface area is 168 Å². The topological polar surface area (TPSA) is 55.1 Å². The lowest BCUT2D eigenvalue weighted by Gasteiger charge is -2.17. The van der Waals surface area contributed by atoms with Gasteiger partial charge in [-0.15, -0.1) is 11.3 Å². The molecule has 2 aromatic heterocycles. The van der Waals surface area contributed by atoms with Crippen LogP contribution in [0.25, 0.3) is 11.4 Å². The predicted octanol–water partition coefficient (Wildman–Crippen LogP) is 4.96. The SMILES string of the molecule is Cc1nc(-c2cccc(F)c2O)n(CCCc2cccs2)c(=O)c1CC(C)C. The third-order valence-electron chi connectivity index (χ3n) is 4.69. The molecule has 0 aliphatic rings. The van der Waals surface area contributed by atoms with Gasteiger partial charge in [-0.25, -0.2) is 9.37 Å². The third kappa shape index (κ3) is 4.33. The second kappa shape index (κ2) is 8.69. The molecule has 6 heteroatoms. The van der Waals surface area contributed by atoms with Crippen molar-refractivity contribution < 1.29 is 9.50 Å². The minimum absolute atomic E-state index is 0.106. The molecule has 3 rings (SSSR count). The number of aryl methyl sites for hydroxylation is 2. The first-order chi connectivity index (χ1) is 13.4. The van der Waals surface area contributed by atoms with Crippen LogP contribution in [0.2, 0.25) is 0 Å². The Kier molecular flexibility index (Phi) is 6.29. The van der Waals surface area contributed by atoms with Gasteiger partial charge in [-0.05, 0) is 55.7 Å². The van der Waals surface area contributed by atoms with Gasteiger partial charge in [0.1, 0.15) is 5.82 Å². The lowest BCUT2D eigenvalue weighted by Crippen LogP contribution is -2.29. The Hall–Kier alpha value is -2.47. The number of thiophene rings is 1. The molecular formula is C22H25FN2O2S. The predicted molar refractivity (Wildman–Crippen MR) is 111 cm³/mol. The zero-order valence-corrected chi connectivity index (χ0v) is 17.2. The van der Waals surface area contributed by atoms with E-state index in [2.05, 4.69) is 24.9 Å². The van der Waals surface area contributed by atoms with Crippen LogP contribution in [0.4, 0.5) is 4.39 Å². The Morgan fingerprint density at radius 3 is 2.71 bits per heavy atom. The number of aromatic nitrogens is 2. The van der Waals surface area contributed by atoms with Crippen LogP contribution in [0.5, 0.6) is 5.75 Å². The lowest BCUT2D eigenvalue weighted by molar-refractivity contribution is 0.433. The average molecular weight is 401 g/mol. The van der Waals surface area contributed by atoms with Gasteiger partial charge in [0.05, 0.1) is 5.56 Å². The van der Waals surface area contributed by atoms with E-state index in [0.717, 1.165) is 12.8 Å². The summed E-state index contributed by atoms with van der Waals surface area (Å²) in [6.07, 6.45) is 2.25. The van der Waals surface area contributed by atoms with Gasteiger partial charge in [-0.2, -0.15) is 0 Å². The van der Waals surface area contributed by atoms with Crippen molar-refractivity contribution in [2.24, 2.45) is 5.92 Å². The monoisotopic (exact) mass is 400 g/mol. The van der Waals surface area contributed by atoms with Gasteiger partial charge in [0, 0.05) is 22.7 Å². The van der Waals surface area contributed by atoms with Crippen molar-refractivity contribution in [2.75, 3.05) is 0 Å². The van der Waals surface area contributed by atoms with E-state index in [-0.39, 0.29) is 11.1 Å². The van der Waals surface area contributed by atoms with Gasteiger partial charge in [-0.1, -0.05) is 26.0 Å². The van der Waals surface area contributed by atoms with Gasteiger partial charge in [-0.3, -0.25) is 9.36 Å². The number of benzene rings is 1. The number of aromatic hydroxyl groups is 1. The maximum Gasteiger partial charge on any atom is 0.257 e. The van der Waals surface area contributed by atoms with Crippen LogP contribution < -0.4 is 5.56 Å². The van der Waals surface area contributed by atoms with E-state index in [1.165, 1.54) is 17.0 Å². The van der Waals surface area contributed by atoms with E-state index in [1.54, 1.807) is 28.9 Å². The van der Waals surface area contributed by atoms with Crippen LogP contribution in [0.1, 0.15) is 36.4 Å². The first-order valence-electron chi connectivity index (χ1n) is 9.49. The number of nitrogens with zero attached hydrogens (tertiary/aromatic N) is 2. The van der Waals surface area contributed by atoms with Gasteiger partial charge >= 0.3 is 0 Å². The van der Waals surface area contributed by atoms with E-state index in [4.69, 9.17) is 0 Å². The number of rotatable bonds is 7. The van der Waals surface area contributed by atoms with Crippen LogP contribution >= 0.6 is 11.3 Å². The minimum Gasteiger partial charge on any atom is -0.504 e. The summed E-state index contributed by atoms with van der Waals surface area (Å²) in [5.74, 6) is -0.558. The summed E-state index contributed by atoms with van der Waals surface area (Å²) in [6, 6.07) is 8.39. The van der Waals surface area contributed by atoms with Crippen molar-refractivity contribution in [1.82, 2.24) is 9.55 Å². The van der Waals surface area contributed by atoms with Crippen LogP contribution in [0.15, 0.2) is 40.5 Å². The van der Waals surface area contributed by atoms with E-state index in [0.29, 0.717) is 36.0 Å². The molecule has 148 valence electrons. The summed E-state index contributed by atoms with van der Waals surface area (Å²) in [5.41, 5.74) is 1.45. The van der Waals surface area contributed by atoms with Crippen LogP contribution in [0, 0.1) is 18.7 Å². The highest BCUT2D eigenvalue weighted by Gasteiger charge is 2.19. The first-order valence-corrected chi connectivity index (χ1v) is 10.4. The fourth-order valence-corrected chi connectivity index (χ4v) is 4.07. The molecule has 0 saturated heterocycles. The fourth-order valence-electron chi connectivity index (χ4n) is 3.32. The summed E-state index contributed by atoms with van der Waals surface area (Å²) < 4.78 is 15.5. The van der Waals surface area contributed by atoms with Crippen molar-refractivity contribution in [3.05, 3.63) is 68.0 Å². The summed E-state index contributed by atoms with van der Waals surface area (Å²) in [7, 11) is 0. The van der Waals surface area contributed by atoms with Gasteiger partial charge < -0.3 is 5.11 Å². The van der Waals surface area contributed by atoms with Crippen LogP contribution in [0.3, 0.4) is 0 Å². The minimum atomic E-state index is -0.721. The Bertz CT molecular complexity index is 1010. The summed E-state index contributed by atoms with van der Waals surface area (Å²) in [5, 5.41) is 12.3. The molecule has 3 aromatic rings. The molecule has 0 spiro atoms. The molecule has 28 heavy (non-hydrogen) atoms. The number of hydrogen-bond donors (Lipinski definition) is 1. The van der Waals surface area contributed by atoms with Crippen molar-refractivity contribution in [2.45, 2.75) is 46.6 Å². The van der Waals surface area contributed by atoms with Gasteiger partial charge in [0.2, 0.25) is 0 Å². The number of phenolic OH excluding ortho intramolecular Hbond substituents is 1. The van der Waals surface area contributed by atoms with Crippen molar-refractivity contribution >= 4 is 11.3 Å². The Balaban J connectivity index is 2.06. The van der Waals surface area contributed by atoms with Crippen LogP contribution in [-0.2, 0) is 19.4 Å². The first kappa shape index (κ1) is 20.3. The van der Waals surface area contributed by atoms with E-state index in [1.807, 2.05) is 11.4 Å². The largest absolute Gasteiger partial charge is 0.504 e. The molecule has 0 radical (unpaired) electrons. The van der Waals surface area contributed by atoms with Crippen molar-refractivity contribution in [3.8, 4) is 17.1 Å². The second-order valence-electron chi connectivity index (χ2n) is 7.37. The highest BCUT2D eigenvalue weighted by molar-refractivity contribution is 7.09. The molecule has 2 heterocycles. The summed E-state index contributed by atoms with van der Waals surface area (Å²) >= 11 is 1.69. The molecule has 1 aromatic carbocycles. The Morgan fingerprint density at radius 2 is 2.04 bits per heavy atom. The lowest BCUT2D eigenvalue weighted by atomic mass is 10.0. The molecule has 0 atom stereocenters. The summed E-state index contributed by atoms with van der Waals surface area (Å²) in [4.78, 5) is 19.1. The fraction of sp³-hybridized carbons (Fsp3) is 0.364. The zero-order chi connectivity index (χ0) is 20.3. The molecule has 0 saturated carbocycles. The molecule has 0 fully saturated rings. The highest BCUT2D eigenvalue weighted by atomic mass is 32.1. The molecule has 0 amide bonds. The molecule has 4 nitrogen and oxygen atoms in total. The number of halogens is 1. The smallest absolute Gasteiger partial charge is 0.257 e. The normalized spacial score (nSPS) is 11.3. The number of para-hydroxylation sites is 1. The summed E-state index contributed by atoms with van der Waals surface area (Å²) in [6.45, 7) is 6.38. The number of hydrogen-bond acceptors (Lipinski definition) is 4.